The van der Waals surface area contributed by atoms with Gasteiger partial charge in [-0.1, -0.05) is 34.8 Å². The zero-order valence-corrected chi connectivity index (χ0v) is 15.7. The number of esters is 1. The van der Waals surface area contributed by atoms with Gasteiger partial charge in [0.1, 0.15) is 0 Å². The van der Waals surface area contributed by atoms with Gasteiger partial charge >= 0.3 is 5.97 Å². The van der Waals surface area contributed by atoms with E-state index in [0.717, 1.165) is 31.2 Å². The zero-order valence-electron chi connectivity index (χ0n) is 12.6. The summed E-state index contributed by atoms with van der Waals surface area (Å²) in [5, 5.41) is 3.55. The van der Waals surface area contributed by atoms with Crippen LogP contribution in [0.2, 0.25) is 15.1 Å². The summed E-state index contributed by atoms with van der Waals surface area (Å²) in [7, 11) is 0. The summed E-state index contributed by atoms with van der Waals surface area (Å²) in [6.07, 6.45) is 1.99. The van der Waals surface area contributed by atoms with Crippen LogP contribution in [0.15, 0.2) is 17.0 Å². The van der Waals surface area contributed by atoms with E-state index >= 15 is 0 Å². The van der Waals surface area contributed by atoms with Gasteiger partial charge in [0, 0.05) is 18.0 Å². The summed E-state index contributed by atoms with van der Waals surface area (Å²) in [4.78, 5) is 23.9. The van der Waals surface area contributed by atoms with Crippen LogP contribution in [0.5, 0.6) is 0 Å². The average molecular weight is 413 g/mol. The molecule has 132 valence electrons. The number of amides is 1. The number of rotatable bonds is 7. The van der Waals surface area contributed by atoms with E-state index in [1.165, 1.54) is 0 Å². The van der Waals surface area contributed by atoms with E-state index < -0.39 is 5.97 Å². The summed E-state index contributed by atoms with van der Waals surface area (Å²) in [6.45, 7) is 0.843. The Hall–Kier alpha value is -0.660. The molecule has 1 atom stereocenters. The number of nitrogens with one attached hydrogen (secondary N) is 1. The van der Waals surface area contributed by atoms with Gasteiger partial charge in [0.15, 0.2) is 6.61 Å². The second-order valence-electron chi connectivity index (χ2n) is 5.06. The standard InChI is InChI=1S/C15H16Cl3NO4S/c16-10-3-4-11(15(18)14(10)17)24-8-13(21)23-7-12(20)19-6-9-2-1-5-22-9/h3-4,9H,1-2,5-8H2,(H,19,20)/t9-/m0/s1. The van der Waals surface area contributed by atoms with Crippen LogP contribution in [0.1, 0.15) is 12.8 Å². The van der Waals surface area contributed by atoms with Crippen LogP contribution >= 0.6 is 46.6 Å². The molecule has 0 aromatic heterocycles. The lowest BCUT2D eigenvalue weighted by Gasteiger charge is -2.11. The summed E-state index contributed by atoms with van der Waals surface area (Å²) >= 11 is 19.0. The van der Waals surface area contributed by atoms with Crippen molar-refractivity contribution in [2.45, 2.75) is 23.8 Å². The summed E-state index contributed by atoms with van der Waals surface area (Å²) in [6, 6.07) is 3.27. The first kappa shape index (κ1) is 19.7. The molecule has 0 bridgehead atoms. The third-order valence-electron chi connectivity index (χ3n) is 3.26. The van der Waals surface area contributed by atoms with Gasteiger partial charge < -0.3 is 14.8 Å². The fourth-order valence-electron chi connectivity index (χ4n) is 2.03. The van der Waals surface area contributed by atoms with Crippen molar-refractivity contribution in [1.82, 2.24) is 5.32 Å². The number of benzene rings is 1. The highest BCUT2D eigenvalue weighted by Crippen LogP contribution is 2.37. The Balaban J connectivity index is 1.67. The average Bonchev–Trinajstić information content (AvgIpc) is 3.09. The van der Waals surface area contributed by atoms with E-state index in [0.29, 0.717) is 16.5 Å². The van der Waals surface area contributed by atoms with E-state index in [2.05, 4.69) is 5.32 Å². The maximum absolute atomic E-state index is 11.7. The van der Waals surface area contributed by atoms with Crippen LogP contribution in [0.4, 0.5) is 0 Å². The van der Waals surface area contributed by atoms with Gasteiger partial charge in [-0.25, -0.2) is 0 Å². The Morgan fingerprint density at radius 1 is 1.29 bits per heavy atom. The molecule has 1 heterocycles. The Labute approximate surface area is 159 Å². The lowest BCUT2D eigenvalue weighted by Crippen LogP contribution is -2.35. The van der Waals surface area contributed by atoms with Gasteiger partial charge in [-0.2, -0.15) is 0 Å². The molecule has 2 rings (SSSR count). The molecule has 0 radical (unpaired) electrons. The fraction of sp³-hybridized carbons (Fsp3) is 0.467. The number of halogens is 3. The molecule has 5 nitrogen and oxygen atoms in total. The van der Waals surface area contributed by atoms with E-state index in [-0.39, 0.29) is 34.4 Å². The van der Waals surface area contributed by atoms with Crippen LogP contribution in [-0.2, 0) is 19.1 Å². The van der Waals surface area contributed by atoms with Gasteiger partial charge in [-0.05, 0) is 25.0 Å². The third-order valence-corrected chi connectivity index (χ3v) is 5.70. The normalized spacial score (nSPS) is 16.9. The maximum atomic E-state index is 11.7. The second-order valence-corrected chi connectivity index (χ2v) is 7.24. The van der Waals surface area contributed by atoms with Gasteiger partial charge in [0.2, 0.25) is 0 Å². The minimum absolute atomic E-state index is 0.0106. The van der Waals surface area contributed by atoms with Crippen molar-refractivity contribution in [2.75, 3.05) is 25.5 Å². The largest absolute Gasteiger partial charge is 0.455 e. The smallest absolute Gasteiger partial charge is 0.316 e. The summed E-state index contributed by atoms with van der Waals surface area (Å²) < 4.78 is 10.3. The molecule has 1 N–H and O–H groups in total. The van der Waals surface area contributed by atoms with Crippen LogP contribution in [-0.4, -0.2) is 43.5 Å². The van der Waals surface area contributed by atoms with Gasteiger partial charge in [-0.15, -0.1) is 11.8 Å². The second kappa shape index (κ2) is 9.73. The predicted molar refractivity (Wildman–Crippen MR) is 95.1 cm³/mol. The molecule has 1 fully saturated rings. The quantitative estimate of drug-likeness (QED) is 0.421. The molecule has 1 aliphatic heterocycles. The molecule has 1 aliphatic rings. The molecule has 24 heavy (non-hydrogen) atoms. The first-order valence-electron chi connectivity index (χ1n) is 7.27. The molecular weight excluding hydrogens is 397 g/mol. The van der Waals surface area contributed by atoms with E-state index in [9.17, 15) is 9.59 Å². The predicted octanol–water partition coefficient (Wildman–Crippen LogP) is 3.58. The molecule has 0 aliphatic carbocycles. The van der Waals surface area contributed by atoms with Crippen molar-refractivity contribution in [3.63, 3.8) is 0 Å². The Morgan fingerprint density at radius 2 is 2.08 bits per heavy atom. The van der Waals surface area contributed by atoms with Crippen LogP contribution in [0, 0.1) is 0 Å². The Kier molecular flexibility index (Phi) is 7.97. The monoisotopic (exact) mass is 411 g/mol. The Morgan fingerprint density at radius 3 is 2.79 bits per heavy atom. The molecule has 1 saturated heterocycles. The molecule has 0 saturated carbocycles. The van der Waals surface area contributed by atoms with Crippen molar-refractivity contribution in [3.05, 3.63) is 27.2 Å². The summed E-state index contributed by atoms with van der Waals surface area (Å²) in [5.41, 5.74) is 0. The highest BCUT2D eigenvalue weighted by atomic mass is 35.5. The first-order valence-corrected chi connectivity index (χ1v) is 9.39. The topological polar surface area (TPSA) is 64.6 Å². The van der Waals surface area contributed by atoms with Crippen LogP contribution < -0.4 is 5.32 Å². The van der Waals surface area contributed by atoms with E-state index in [1.54, 1.807) is 12.1 Å². The lowest BCUT2D eigenvalue weighted by atomic mass is 10.2. The molecule has 0 spiro atoms. The van der Waals surface area contributed by atoms with E-state index in [1.807, 2.05) is 0 Å². The van der Waals surface area contributed by atoms with Gasteiger partial charge in [0.05, 0.1) is 26.9 Å². The van der Waals surface area contributed by atoms with Crippen molar-refractivity contribution < 1.29 is 19.1 Å². The molecule has 0 unspecified atom stereocenters. The highest BCUT2D eigenvalue weighted by Gasteiger charge is 2.17. The number of carbonyl (C=O) groups is 2. The third kappa shape index (κ3) is 6.01. The van der Waals surface area contributed by atoms with E-state index in [4.69, 9.17) is 44.3 Å². The Bertz CT molecular complexity index is 609. The minimum atomic E-state index is -0.519. The number of ether oxygens (including phenoxy) is 2. The highest BCUT2D eigenvalue weighted by molar-refractivity contribution is 8.00. The van der Waals surface area contributed by atoms with Crippen molar-refractivity contribution in [2.24, 2.45) is 0 Å². The zero-order chi connectivity index (χ0) is 17.5. The van der Waals surface area contributed by atoms with Crippen molar-refractivity contribution >= 4 is 58.4 Å². The van der Waals surface area contributed by atoms with Gasteiger partial charge in [-0.3, -0.25) is 9.59 Å². The molecular formula is C15H16Cl3NO4S. The SMILES string of the molecule is O=C(COC(=O)CSc1ccc(Cl)c(Cl)c1Cl)NC[C@@H]1CCCO1. The molecule has 1 aromatic rings. The number of hydrogen-bond acceptors (Lipinski definition) is 5. The van der Waals surface area contributed by atoms with Crippen molar-refractivity contribution in [3.8, 4) is 0 Å². The minimum Gasteiger partial charge on any atom is -0.455 e. The molecule has 9 heteroatoms. The molecule has 1 aromatic carbocycles. The maximum Gasteiger partial charge on any atom is 0.316 e. The number of thioether (sulfide) groups is 1. The number of carbonyl (C=O) groups excluding carboxylic acids is 2. The molecule has 1 amide bonds. The van der Waals surface area contributed by atoms with Crippen molar-refractivity contribution in [1.29, 1.82) is 0 Å². The summed E-state index contributed by atoms with van der Waals surface area (Å²) in [5.74, 6) is -0.859. The van der Waals surface area contributed by atoms with Gasteiger partial charge in [0.25, 0.3) is 5.91 Å². The van der Waals surface area contributed by atoms with Crippen LogP contribution in [0.3, 0.4) is 0 Å². The first-order chi connectivity index (χ1) is 11.5. The number of hydrogen-bond donors (Lipinski definition) is 1. The van der Waals surface area contributed by atoms with Crippen LogP contribution in [0.25, 0.3) is 0 Å². The fourth-order valence-corrected chi connectivity index (χ4v) is 3.53. The lowest BCUT2D eigenvalue weighted by molar-refractivity contribution is -0.146.